The molecule has 1 amide bonds. The lowest BCUT2D eigenvalue weighted by molar-refractivity contribution is -0.114. The molecule has 4 heteroatoms. The highest BCUT2D eigenvalue weighted by molar-refractivity contribution is 5.93. The number of rotatable bonds is 3. The number of carbonyl (C=O) groups is 2. The van der Waals surface area contributed by atoms with Crippen LogP contribution in [0, 0.1) is 6.92 Å². The fourth-order valence-corrected chi connectivity index (χ4v) is 1.40. The van der Waals surface area contributed by atoms with Crippen LogP contribution < -0.4 is 10.1 Å². The standard InChI is InChI=1S/C11H13NO3/c1-7-4-9(6-13)11(15-3)10(5-7)12-8(2)14/h4-6H,1-3H3,(H,12,14). The summed E-state index contributed by atoms with van der Waals surface area (Å²) in [6.07, 6.45) is 0.706. The van der Waals surface area contributed by atoms with E-state index in [0.29, 0.717) is 23.3 Å². The second-order valence-corrected chi connectivity index (χ2v) is 3.23. The highest BCUT2D eigenvalue weighted by Crippen LogP contribution is 2.29. The second kappa shape index (κ2) is 4.59. The predicted octanol–water partition coefficient (Wildman–Crippen LogP) is 1.77. The maximum absolute atomic E-state index is 10.9. The zero-order valence-corrected chi connectivity index (χ0v) is 8.96. The van der Waals surface area contributed by atoms with E-state index < -0.39 is 0 Å². The van der Waals surface area contributed by atoms with Gasteiger partial charge in [0.05, 0.1) is 18.4 Å². The number of ether oxygens (including phenoxy) is 1. The number of hydrogen-bond acceptors (Lipinski definition) is 3. The van der Waals surface area contributed by atoms with Gasteiger partial charge in [-0.25, -0.2) is 0 Å². The number of amides is 1. The van der Waals surface area contributed by atoms with Crippen molar-refractivity contribution >= 4 is 17.9 Å². The lowest BCUT2D eigenvalue weighted by Crippen LogP contribution is -2.08. The highest BCUT2D eigenvalue weighted by Gasteiger charge is 2.10. The molecule has 80 valence electrons. The SMILES string of the molecule is COc1c(C=O)cc(C)cc1NC(C)=O. The van der Waals surface area contributed by atoms with Gasteiger partial charge in [-0.1, -0.05) is 0 Å². The number of hydrogen-bond donors (Lipinski definition) is 1. The van der Waals surface area contributed by atoms with Crippen molar-refractivity contribution < 1.29 is 14.3 Å². The molecule has 0 unspecified atom stereocenters. The zero-order chi connectivity index (χ0) is 11.4. The third-order valence-electron chi connectivity index (χ3n) is 1.90. The Bertz CT molecular complexity index is 399. The van der Waals surface area contributed by atoms with Crippen LogP contribution in [0.2, 0.25) is 0 Å². The Hall–Kier alpha value is -1.84. The van der Waals surface area contributed by atoms with Gasteiger partial charge in [0.2, 0.25) is 5.91 Å². The van der Waals surface area contributed by atoms with Gasteiger partial charge in [0.25, 0.3) is 0 Å². The summed E-state index contributed by atoms with van der Waals surface area (Å²) in [5.41, 5.74) is 1.84. The molecular formula is C11H13NO3. The van der Waals surface area contributed by atoms with Crippen LogP contribution in [0.25, 0.3) is 0 Å². The molecular weight excluding hydrogens is 194 g/mol. The molecule has 0 saturated carbocycles. The van der Waals surface area contributed by atoms with Crippen molar-refractivity contribution in [1.29, 1.82) is 0 Å². The molecule has 0 aliphatic heterocycles. The Morgan fingerprint density at radius 3 is 2.60 bits per heavy atom. The Morgan fingerprint density at radius 1 is 1.47 bits per heavy atom. The van der Waals surface area contributed by atoms with Crippen molar-refractivity contribution in [2.75, 3.05) is 12.4 Å². The molecule has 0 atom stereocenters. The highest BCUT2D eigenvalue weighted by atomic mass is 16.5. The summed E-state index contributed by atoms with van der Waals surface area (Å²) in [4.78, 5) is 21.7. The molecule has 15 heavy (non-hydrogen) atoms. The fraction of sp³-hybridized carbons (Fsp3) is 0.273. The lowest BCUT2D eigenvalue weighted by Gasteiger charge is -2.11. The number of nitrogens with one attached hydrogen (secondary N) is 1. The number of benzene rings is 1. The van der Waals surface area contributed by atoms with Gasteiger partial charge in [0.1, 0.15) is 0 Å². The molecule has 0 aromatic heterocycles. The van der Waals surface area contributed by atoms with Gasteiger partial charge in [0.15, 0.2) is 12.0 Å². The summed E-state index contributed by atoms with van der Waals surface area (Å²) in [5, 5.41) is 2.62. The molecule has 0 fully saturated rings. The number of aldehydes is 1. The van der Waals surface area contributed by atoms with Gasteiger partial charge in [-0.3, -0.25) is 9.59 Å². The summed E-state index contributed by atoms with van der Waals surface area (Å²) in [6, 6.07) is 3.46. The van der Waals surface area contributed by atoms with Gasteiger partial charge in [-0.05, 0) is 24.6 Å². The molecule has 1 N–H and O–H groups in total. The van der Waals surface area contributed by atoms with Crippen molar-refractivity contribution in [2.24, 2.45) is 0 Å². The minimum atomic E-state index is -0.198. The molecule has 0 saturated heterocycles. The maximum Gasteiger partial charge on any atom is 0.221 e. The van der Waals surface area contributed by atoms with Crippen molar-refractivity contribution in [3.63, 3.8) is 0 Å². The van der Waals surface area contributed by atoms with Crippen LogP contribution in [0.5, 0.6) is 5.75 Å². The molecule has 0 aliphatic carbocycles. The molecule has 1 aromatic rings. The van der Waals surface area contributed by atoms with Crippen LogP contribution in [0.4, 0.5) is 5.69 Å². The van der Waals surface area contributed by atoms with E-state index in [1.807, 2.05) is 6.92 Å². The summed E-state index contributed by atoms with van der Waals surface area (Å²) in [5.74, 6) is 0.196. The minimum Gasteiger partial charge on any atom is -0.494 e. The Morgan fingerprint density at radius 2 is 2.13 bits per heavy atom. The smallest absolute Gasteiger partial charge is 0.221 e. The second-order valence-electron chi connectivity index (χ2n) is 3.23. The van der Waals surface area contributed by atoms with Gasteiger partial charge in [-0.2, -0.15) is 0 Å². The van der Waals surface area contributed by atoms with Crippen molar-refractivity contribution in [3.8, 4) is 5.75 Å². The molecule has 0 radical (unpaired) electrons. The van der Waals surface area contributed by atoms with Crippen LogP contribution in [0.15, 0.2) is 12.1 Å². The first kappa shape index (κ1) is 11.2. The number of methoxy groups -OCH3 is 1. The predicted molar refractivity (Wildman–Crippen MR) is 57.4 cm³/mol. The summed E-state index contributed by atoms with van der Waals surface area (Å²) >= 11 is 0. The summed E-state index contributed by atoms with van der Waals surface area (Å²) < 4.78 is 5.08. The number of aryl methyl sites for hydroxylation is 1. The first-order valence-corrected chi connectivity index (χ1v) is 4.50. The van der Waals surface area contributed by atoms with E-state index in [9.17, 15) is 9.59 Å². The topological polar surface area (TPSA) is 55.4 Å². The van der Waals surface area contributed by atoms with Crippen LogP contribution in [0.1, 0.15) is 22.8 Å². The minimum absolute atomic E-state index is 0.198. The molecule has 0 heterocycles. The third kappa shape index (κ3) is 2.56. The first-order chi connectivity index (χ1) is 7.08. The lowest BCUT2D eigenvalue weighted by atomic mass is 10.1. The average Bonchev–Trinajstić information content (AvgIpc) is 2.15. The molecule has 1 rings (SSSR count). The van der Waals surface area contributed by atoms with E-state index in [0.717, 1.165) is 5.56 Å². The Kier molecular flexibility index (Phi) is 3.44. The fourth-order valence-electron chi connectivity index (χ4n) is 1.40. The van der Waals surface area contributed by atoms with E-state index in [4.69, 9.17) is 4.74 Å². The average molecular weight is 207 g/mol. The molecule has 0 spiro atoms. The van der Waals surface area contributed by atoms with E-state index in [2.05, 4.69) is 5.32 Å². The van der Waals surface area contributed by atoms with Crippen LogP contribution >= 0.6 is 0 Å². The van der Waals surface area contributed by atoms with Crippen molar-refractivity contribution in [2.45, 2.75) is 13.8 Å². The van der Waals surface area contributed by atoms with E-state index in [1.165, 1.54) is 14.0 Å². The largest absolute Gasteiger partial charge is 0.494 e. The number of carbonyl (C=O) groups excluding carboxylic acids is 2. The monoisotopic (exact) mass is 207 g/mol. The van der Waals surface area contributed by atoms with Gasteiger partial charge in [-0.15, -0.1) is 0 Å². The molecule has 0 aliphatic rings. The quantitative estimate of drug-likeness (QED) is 0.768. The maximum atomic E-state index is 10.9. The van der Waals surface area contributed by atoms with Crippen molar-refractivity contribution in [3.05, 3.63) is 23.3 Å². The van der Waals surface area contributed by atoms with Gasteiger partial charge < -0.3 is 10.1 Å². The van der Waals surface area contributed by atoms with Crippen LogP contribution in [0.3, 0.4) is 0 Å². The zero-order valence-electron chi connectivity index (χ0n) is 8.96. The first-order valence-electron chi connectivity index (χ1n) is 4.50. The van der Waals surface area contributed by atoms with Crippen LogP contribution in [-0.2, 0) is 4.79 Å². The number of anilines is 1. The molecule has 0 bridgehead atoms. The third-order valence-corrected chi connectivity index (χ3v) is 1.90. The van der Waals surface area contributed by atoms with E-state index in [1.54, 1.807) is 12.1 Å². The van der Waals surface area contributed by atoms with Crippen LogP contribution in [-0.4, -0.2) is 19.3 Å². The Labute approximate surface area is 88.2 Å². The Balaban J connectivity index is 3.28. The molecule has 1 aromatic carbocycles. The van der Waals surface area contributed by atoms with Crippen molar-refractivity contribution in [1.82, 2.24) is 0 Å². The normalized spacial score (nSPS) is 9.53. The van der Waals surface area contributed by atoms with E-state index >= 15 is 0 Å². The van der Waals surface area contributed by atoms with Gasteiger partial charge >= 0.3 is 0 Å². The van der Waals surface area contributed by atoms with E-state index in [-0.39, 0.29) is 5.91 Å². The molecule has 4 nitrogen and oxygen atoms in total. The van der Waals surface area contributed by atoms with Gasteiger partial charge in [0, 0.05) is 6.92 Å². The summed E-state index contributed by atoms with van der Waals surface area (Å²) in [6.45, 7) is 3.25. The summed E-state index contributed by atoms with van der Waals surface area (Å²) in [7, 11) is 1.46.